The molecule has 1 aromatic rings. The van der Waals surface area contributed by atoms with Crippen molar-refractivity contribution in [3.8, 4) is 12.3 Å². The molecule has 0 heterocycles. The lowest BCUT2D eigenvalue weighted by Gasteiger charge is -2.13. The number of aryl methyl sites for hydroxylation is 2. The molecule has 0 spiro atoms. The van der Waals surface area contributed by atoms with E-state index in [1.54, 1.807) is 0 Å². The molecule has 1 aromatic carbocycles. The number of terminal acetylenes is 1. The maximum absolute atomic E-state index is 5.39. The normalized spacial score (nSPS) is 11.9. The molecule has 0 aliphatic carbocycles. The van der Waals surface area contributed by atoms with Crippen LogP contribution in [0.15, 0.2) is 18.2 Å². The lowest BCUT2D eigenvalue weighted by Crippen LogP contribution is -2.15. The molecule has 0 aliphatic rings. The average Bonchev–Trinajstić information content (AvgIpc) is 2.12. The van der Waals surface area contributed by atoms with E-state index in [4.69, 9.17) is 6.42 Å². The Hall–Kier alpha value is -1.42. The fourth-order valence-corrected chi connectivity index (χ4v) is 1.52. The second-order valence-electron chi connectivity index (χ2n) is 3.65. The van der Waals surface area contributed by atoms with Gasteiger partial charge in [0, 0.05) is 5.69 Å². The third kappa shape index (κ3) is 2.81. The van der Waals surface area contributed by atoms with Gasteiger partial charge >= 0.3 is 0 Å². The first-order valence-electron chi connectivity index (χ1n) is 4.96. The summed E-state index contributed by atoms with van der Waals surface area (Å²) in [6.45, 7) is 6.27. The number of nitrogens with one attached hydrogen (secondary N) is 1. The molecule has 0 saturated heterocycles. The first kappa shape index (κ1) is 10.7. The van der Waals surface area contributed by atoms with Crippen molar-refractivity contribution < 1.29 is 0 Å². The minimum atomic E-state index is 0.135. The first-order valence-corrected chi connectivity index (χ1v) is 4.96. The lowest BCUT2D eigenvalue weighted by atomic mass is 10.1. The molecule has 0 radical (unpaired) electrons. The van der Waals surface area contributed by atoms with E-state index in [0.29, 0.717) is 0 Å². The summed E-state index contributed by atoms with van der Waals surface area (Å²) in [5.74, 6) is 2.73. The molecule has 0 fully saturated rings. The van der Waals surface area contributed by atoms with Gasteiger partial charge in [0.1, 0.15) is 0 Å². The molecule has 1 unspecified atom stereocenters. The van der Waals surface area contributed by atoms with Gasteiger partial charge in [-0.15, -0.1) is 6.42 Å². The fourth-order valence-electron chi connectivity index (χ4n) is 1.52. The highest BCUT2D eigenvalue weighted by atomic mass is 14.9. The highest BCUT2D eigenvalue weighted by Gasteiger charge is 2.01. The van der Waals surface area contributed by atoms with Crippen LogP contribution < -0.4 is 5.32 Å². The SMILES string of the molecule is C#CC(CC)Nc1cc(C)cc(C)c1. The van der Waals surface area contributed by atoms with Gasteiger partial charge in [0.05, 0.1) is 6.04 Å². The largest absolute Gasteiger partial charge is 0.372 e. The minimum Gasteiger partial charge on any atom is -0.372 e. The zero-order valence-electron chi connectivity index (χ0n) is 9.09. The molecular weight excluding hydrogens is 170 g/mol. The van der Waals surface area contributed by atoms with Crippen molar-refractivity contribution in [2.45, 2.75) is 33.2 Å². The molecule has 0 aliphatic heterocycles. The van der Waals surface area contributed by atoms with Crippen LogP contribution in [0.4, 0.5) is 5.69 Å². The van der Waals surface area contributed by atoms with Crippen molar-refractivity contribution in [2.75, 3.05) is 5.32 Å². The average molecular weight is 187 g/mol. The summed E-state index contributed by atoms with van der Waals surface area (Å²) in [7, 11) is 0. The number of benzene rings is 1. The first-order chi connectivity index (χ1) is 6.65. The Bertz CT molecular complexity index is 326. The quantitative estimate of drug-likeness (QED) is 0.717. The van der Waals surface area contributed by atoms with Crippen LogP contribution >= 0.6 is 0 Å². The summed E-state index contributed by atoms with van der Waals surface area (Å²) in [5, 5.41) is 3.32. The van der Waals surface area contributed by atoms with Crippen molar-refractivity contribution in [1.29, 1.82) is 0 Å². The second-order valence-corrected chi connectivity index (χ2v) is 3.65. The van der Waals surface area contributed by atoms with Gasteiger partial charge in [0.25, 0.3) is 0 Å². The molecule has 14 heavy (non-hydrogen) atoms. The standard InChI is InChI=1S/C13H17N/c1-5-12(6-2)14-13-8-10(3)7-11(4)9-13/h1,7-9,12,14H,6H2,2-4H3. The van der Waals surface area contributed by atoms with Gasteiger partial charge < -0.3 is 5.32 Å². The maximum atomic E-state index is 5.39. The van der Waals surface area contributed by atoms with E-state index in [0.717, 1.165) is 12.1 Å². The van der Waals surface area contributed by atoms with Crippen molar-refractivity contribution in [3.63, 3.8) is 0 Å². The van der Waals surface area contributed by atoms with Crippen LogP contribution in [0.1, 0.15) is 24.5 Å². The maximum Gasteiger partial charge on any atom is 0.0871 e. The van der Waals surface area contributed by atoms with E-state index < -0.39 is 0 Å². The third-order valence-electron chi connectivity index (χ3n) is 2.17. The molecule has 1 rings (SSSR count). The van der Waals surface area contributed by atoms with Crippen molar-refractivity contribution in [3.05, 3.63) is 29.3 Å². The Balaban J connectivity index is 2.82. The van der Waals surface area contributed by atoms with Crippen molar-refractivity contribution in [1.82, 2.24) is 0 Å². The number of rotatable bonds is 3. The zero-order chi connectivity index (χ0) is 10.6. The molecule has 1 atom stereocenters. The van der Waals surface area contributed by atoms with Crippen LogP contribution in [0.5, 0.6) is 0 Å². The van der Waals surface area contributed by atoms with E-state index in [2.05, 4.69) is 50.2 Å². The van der Waals surface area contributed by atoms with E-state index in [9.17, 15) is 0 Å². The summed E-state index contributed by atoms with van der Waals surface area (Å²) in [4.78, 5) is 0. The molecule has 1 nitrogen and oxygen atoms in total. The molecule has 0 amide bonds. The van der Waals surface area contributed by atoms with E-state index in [1.807, 2.05) is 0 Å². The van der Waals surface area contributed by atoms with E-state index in [1.165, 1.54) is 11.1 Å². The lowest BCUT2D eigenvalue weighted by molar-refractivity contribution is 0.857. The minimum absolute atomic E-state index is 0.135. The van der Waals surface area contributed by atoms with Crippen molar-refractivity contribution >= 4 is 5.69 Å². The van der Waals surface area contributed by atoms with Crippen LogP contribution in [0.3, 0.4) is 0 Å². The predicted octanol–water partition coefficient (Wildman–Crippen LogP) is 3.13. The zero-order valence-corrected chi connectivity index (χ0v) is 9.09. The monoisotopic (exact) mass is 187 g/mol. The van der Waals surface area contributed by atoms with Crippen LogP contribution in [0.2, 0.25) is 0 Å². The Labute approximate surface area is 86.5 Å². The Morgan fingerprint density at radius 3 is 2.29 bits per heavy atom. The highest BCUT2D eigenvalue weighted by Crippen LogP contribution is 2.15. The summed E-state index contributed by atoms with van der Waals surface area (Å²) in [5.41, 5.74) is 3.64. The van der Waals surface area contributed by atoms with Crippen LogP contribution in [-0.2, 0) is 0 Å². The Morgan fingerprint density at radius 2 is 1.86 bits per heavy atom. The summed E-state index contributed by atoms with van der Waals surface area (Å²) >= 11 is 0. The molecule has 1 heteroatoms. The molecular formula is C13H17N. The predicted molar refractivity (Wildman–Crippen MR) is 62.5 cm³/mol. The summed E-state index contributed by atoms with van der Waals surface area (Å²) in [6.07, 6.45) is 6.34. The fraction of sp³-hybridized carbons (Fsp3) is 0.385. The van der Waals surface area contributed by atoms with Crippen LogP contribution in [0.25, 0.3) is 0 Å². The number of hydrogen-bond donors (Lipinski definition) is 1. The van der Waals surface area contributed by atoms with Gasteiger partial charge in [-0.25, -0.2) is 0 Å². The third-order valence-corrected chi connectivity index (χ3v) is 2.17. The number of hydrogen-bond acceptors (Lipinski definition) is 1. The van der Waals surface area contributed by atoms with Crippen LogP contribution in [0, 0.1) is 26.2 Å². The second kappa shape index (κ2) is 4.72. The van der Waals surface area contributed by atoms with Crippen molar-refractivity contribution in [2.24, 2.45) is 0 Å². The number of anilines is 1. The van der Waals surface area contributed by atoms with Gasteiger partial charge in [-0.1, -0.05) is 18.9 Å². The summed E-state index contributed by atoms with van der Waals surface area (Å²) < 4.78 is 0. The topological polar surface area (TPSA) is 12.0 Å². The summed E-state index contributed by atoms with van der Waals surface area (Å²) in [6, 6.07) is 6.53. The van der Waals surface area contributed by atoms with Gasteiger partial charge in [0.2, 0.25) is 0 Å². The molecule has 0 bridgehead atoms. The Kier molecular flexibility index (Phi) is 3.59. The highest BCUT2D eigenvalue weighted by molar-refractivity contribution is 5.50. The van der Waals surface area contributed by atoms with Gasteiger partial charge in [-0.2, -0.15) is 0 Å². The van der Waals surface area contributed by atoms with E-state index in [-0.39, 0.29) is 6.04 Å². The van der Waals surface area contributed by atoms with E-state index >= 15 is 0 Å². The Morgan fingerprint density at radius 1 is 1.29 bits per heavy atom. The molecule has 1 N–H and O–H groups in total. The van der Waals surface area contributed by atoms with Gasteiger partial charge in [-0.05, 0) is 43.5 Å². The van der Waals surface area contributed by atoms with Crippen LogP contribution in [-0.4, -0.2) is 6.04 Å². The van der Waals surface area contributed by atoms with Gasteiger partial charge in [0.15, 0.2) is 0 Å². The smallest absolute Gasteiger partial charge is 0.0871 e. The van der Waals surface area contributed by atoms with Gasteiger partial charge in [-0.3, -0.25) is 0 Å². The molecule has 0 saturated carbocycles. The molecule has 0 aromatic heterocycles. The molecule has 74 valence electrons.